The highest BCUT2D eigenvalue weighted by Gasteiger charge is 2.14. The van der Waals surface area contributed by atoms with Crippen LogP contribution in [0.25, 0.3) is 16.9 Å². The third-order valence-electron chi connectivity index (χ3n) is 4.54. The molecule has 0 aliphatic heterocycles. The minimum absolute atomic E-state index is 0.00114. The van der Waals surface area contributed by atoms with Gasteiger partial charge in [0.05, 0.1) is 19.0 Å². The second kappa shape index (κ2) is 9.58. The topological polar surface area (TPSA) is 57.9 Å². The predicted octanol–water partition coefficient (Wildman–Crippen LogP) is 5.23. The van der Waals surface area contributed by atoms with Crippen LogP contribution in [-0.2, 0) is 11.4 Å². The first-order chi connectivity index (χ1) is 15.2. The van der Waals surface area contributed by atoms with Crippen molar-refractivity contribution in [1.29, 1.82) is 0 Å². The lowest BCUT2D eigenvalue weighted by Gasteiger charge is -2.03. The van der Waals surface area contributed by atoms with E-state index >= 15 is 0 Å². The molecule has 1 aromatic heterocycles. The fraction of sp³-hybridized carbons (Fsp3) is 0.0833. The van der Waals surface area contributed by atoms with E-state index in [2.05, 4.69) is 10.3 Å². The highest BCUT2D eigenvalue weighted by molar-refractivity contribution is 5.69. The zero-order valence-electron chi connectivity index (χ0n) is 16.8. The fourth-order valence-corrected chi connectivity index (χ4v) is 2.94. The van der Waals surface area contributed by atoms with Gasteiger partial charge in [0.1, 0.15) is 23.9 Å². The van der Waals surface area contributed by atoms with Crippen LogP contribution in [0.1, 0.15) is 5.56 Å². The molecule has 0 saturated carbocycles. The van der Waals surface area contributed by atoms with Crippen molar-refractivity contribution in [2.45, 2.75) is 6.61 Å². The molecule has 1 heterocycles. The number of benzene rings is 3. The summed E-state index contributed by atoms with van der Waals surface area (Å²) in [5, 5.41) is 8.44. The van der Waals surface area contributed by atoms with Gasteiger partial charge in [-0.25, -0.2) is 9.07 Å². The van der Waals surface area contributed by atoms with Crippen molar-refractivity contribution >= 4 is 6.40 Å². The number of oxime groups is 1. The van der Waals surface area contributed by atoms with E-state index in [-0.39, 0.29) is 12.4 Å². The molecular weight excluding hydrogens is 397 g/mol. The summed E-state index contributed by atoms with van der Waals surface area (Å²) in [6, 6.07) is 23.6. The smallest absolute Gasteiger partial charge is 0.218 e. The molecule has 0 bridgehead atoms. The van der Waals surface area contributed by atoms with E-state index in [0.29, 0.717) is 17.0 Å². The van der Waals surface area contributed by atoms with E-state index in [1.165, 1.54) is 12.5 Å². The molecule has 6 nitrogen and oxygen atoms in total. The number of methoxy groups -OCH3 is 1. The standard InChI is InChI=1S/C24H20FN3O3/c1-29-21-13-11-18(12-14-21)24-23(15-28(27-24)20-8-3-2-4-9-20)30-17-26-31-16-19-7-5-6-10-22(19)25/h2-15,17H,16H2,1H3/b26-17+. The molecule has 0 unspecified atom stereocenters. The van der Waals surface area contributed by atoms with Crippen molar-refractivity contribution in [3.63, 3.8) is 0 Å². The van der Waals surface area contributed by atoms with Crippen LogP contribution < -0.4 is 9.47 Å². The zero-order chi connectivity index (χ0) is 21.5. The number of halogens is 1. The molecular formula is C24H20FN3O3. The van der Waals surface area contributed by atoms with Crippen LogP contribution in [0.2, 0.25) is 0 Å². The second-order valence-corrected chi connectivity index (χ2v) is 6.54. The fourth-order valence-electron chi connectivity index (χ4n) is 2.94. The van der Waals surface area contributed by atoms with Gasteiger partial charge < -0.3 is 14.3 Å². The number of para-hydroxylation sites is 1. The Kier molecular flexibility index (Phi) is 6.23. The molecule has 0 radical (unpaired) electrons. The van der Waals surface area contributed by atoms with Gasteiger partial charge in [0, 0.05) is 11.1 Å². The molecule has 3 aromatic carbocycles. The maximum atomic E-state index is 13.6. The molecule has 0 saturated heterocycles. The molecule has 0 aliphatic carbocycles. The SMILES string of the molecule is COc1ccc(-c2nn(-c3ccccc3)cc2O/C=N/OCc2ccccc2F)cc1. The van der Waals surface area contributed by atoms with Crippen LogP contribution in [0.4, 0.5) is 4.39 Å². The number of hydrogen-bond donors (Lipinski definition) is 0. The minimum atomic E-state index is -0.343. The number of aromatic nitrogens is 2. The predicted molar refractivity (Wildman–Crippen MR) is 116 cm³/mol. The van der Waals surface area contributed by atoms with Gasteiger partial charge in [-0.05, 0) is 42.5 Å². The van der Waals surface area contributed by atoms with Crippen LogP contribution >= 0.6 is 0 Å². The van der Waals surface area contributed by atoms with Crippen LogP contribution in [0.15, 0.2) is 90.2 Å². The molecule has 0 N–H and O–H groups in total. The molecule has 0 fully saturated rings. The van der Waals surface area contributed by atoms with Gasteiger partial charge >= 0.3 is 0 Å². The van der Waals surface area contributed by atoms with Gasteiger partial charge in [-0.15, -0.1) is 0 Å². The van der Waals surface area contributed by atoms with Crippen LogP contribution in [0.5, 0.6) is 11.5 Å². The first kappa shape index (κ1) is 20.2. The van der Waals surface area contributed by atoms with Gasteiger partial charge in [0.25, 0.3) is 0 Å². The highest BCUT2D eigenvalue weighted by Crippen LogP contribution is 2.30. The summed E-state index contributed by atoms with van der Waals surface area (Å²) in [4.78, 5) is 5.15. The van der Waals surface area contributed by atoms with Crippen molar-refractivity contribution in [2.75, 3.05) is 7.11 Å². The summed E-state index contributed by atoms with van der Waals surface area (Å²) in [5.41, 5.74) is 2.79. The van der Waals surface area contributed by atoms with Crippen molar-refractivity contribution in [1.82, 2.24) is 9.78 Å². The second-order valence-electron chi connectivity index (χ2n) is 6.54. The molecule has 0 atom stereocenters. The molecule has 156 valence electrons. The van der Waals surface area contributed by atoms with Crippen LogP contribution in [0.3, 0.4) is 0 Å². The van der Waals surface area contributed by atoms with E-state index in [4.69, 9.17) is 14.3 Å². The normalized spacial score (nSPS) is 10.9. The molecule has 4 aromatic rings. The van der Waals surface area contributed by atoms with E-state index in [9.17, 15) is 4.39 Å². The summed E-state index contributed by atoms with van der Waals surface area (Å²) in [6.07, 6.45) is 2.93. The first-order valence-corrected chi connectivity index (χ1v) is 9.58. The Hall–Kier alpha value is -4.13. The van der Waals surface area contributed by atoms with Gasteiger partial charge in [0.15, 0.2) is 5.75 Å². The van der Waals surface area contributed by atoms with Crippen LogP contribution in [0, 0.1) is 5.82 Å². The van der Waals surface area contributed by atoms with Gasteiger partial charge in [-0.2, -0.15) is 5.10 Å². The number of hydrogen-bond acceptors (Lipinski definition) is 5. The van der Waals surface area contributed by atoms with Crippen molar-refractivity contribution in [3.05, 3.63) is 96.4 Å². The maximum absolute atomic E-state index is 13.6. The Morgan fingerprint density at radius 2 is 1.71 bits per heavy atom. The molecule has 0 spiro atoms. The van der Waals surface area contributed by atoms with Gasteiger partial charge in [-0.1, -0.05) is 41.6 Å². The van der Waals surface area contributed by atoms with E-state index < -0.39 is 0 Å². The monoisotopic (exact) mass is 417 g/mol. The molecule has 4 rings (SSSR count). The Morgan fingerprint density at radius 3 is 2.45 bits per heavy atom. The van der Waals surface area contributed by atoms with Crippen LogP contribution in [-0.4, -0.2) is 23.3 Å². The summed E-state index contributed by atoms with van der Waals surface area (Å²) < 4.78 is 26.3. The Labute approximate surface area is 179 Å². The number of nitrogens with zero attached hydrogens (tertiary/aromatic N) is 3. The molecule has 31 heavy (non-hydrogen) atoms. The van der Waals surface area contributed by atoms with Crippen molar-refractivity contribution < 1.29 is 18.7 Å². The minimum Gasteiger partial charge on any atom is -0.497 e. The third kappa shape index (κ3) is 4.90. The van der Waals surface area contributed by atoms with E-state index in [1.807, 2.05) is 54.6 Å². The van der Waals surface area contributed by atoms with Crippen molar-refractivity contribution in [2.24, 2.45) is 5.16 Å². The van der Waals surface area contributed by atoms with Gasteiger partial charge in [0.2, 0.25) is 6.40 Å². The summed E-state index contributed by atoms with van der Waals surface area (Å²) in [7, 11) is 1.62. The lowest BCUT2D eigenvalue weighted by atomic mass is 10.1. The average Bonchev–Trinajstić information content (AvgIpc) is 3.25. The summed E-state index contributed by atoms with van der Waals surface area (Å²) >= 11 is 0. The first-order valence-electron chi connectivity index (χ1n) is 9.58. The summed E-state index contributed by atoms with van der Waals surface area (Å²) in [6.45, 7) is 0.00114. The number of ether oxygens (including phenoxy) is 2. The lowest BCUT2D eigenvalue weighted by Crippen LogP contribution is -1.95. The number of rotatable bonds is 8. The Morgan fingerprint density at radius 1 is 0.968 bits per heavy atom. The largest absolute Gasteiger partial charge is 0.497 e. The third-order valence-corrected chi connectivity index (χ3v) is 4.54. The molecule has 0 amide bonds. The summed E-state index contributed by atoms with van der Waals surface area (Å²) in [5.74, 6) is 0.897. The molecule has 0 aliphatic rings. The highest BCUT2D eigenvalue weighted by atomic mass is 19.1. The van der Waals surface area contributed by atoms with E-state index in [1.54, 1.807) is 36.2 Å². The lowest BCUT2D eigenvalue weighted by molar-refractivity contribution is 0.125. The average molecular weight is 417 g/mol. The Bertz CT molecular complexity index is 1160. The Balaban J connectivity index is 1.53. The van der Waals surface area contributed by atoms with Gasteiger partial charge in [-0.3, -0.25) is 0 Å². The maximum Gasteiger partial charge on any atom is 0.218 e. The van der Waals surface area contributed by atoms with E-state index in [0.717, 1.165) is 17.0 Å². The van der Waals surface area contributed by atoms with Crippen molar-refractivity contribution in [3.8, 4) is 28.4 Å². The molecule has 7 heteroatoms. The zero-order valence-corrected chi connectivity index (χ0v) is 16.8. The quantitative estimate of drug-likeness (QED) is 0.224.